The van der Waals surface area contributed by atoms with Gasteiger partial charge in [0.2, 0.25) is 0 Å². The molecule has 3 N–H and O–H groups in total. The van der Waals surface area contributed by atoms with E-state index in [1.54, 1.807) is 27.7 Å². The van der Waals surface area contributed by atoms with Crippen molar-refractivity contribution in [3.05, 3.63) is 0 Å². The molecular weight excluding hydrogens is 244 g/mol. The minimum atomic E-state index is -1.04. The van der Waals surface area contributed by atoms with Gasteiger partial charge in [-0.25, -0.2) is 4.79 Å². The summed E-state index contributed by atoms with van der Waals surface area (Å²) in [4.78, 5) is 23.2. The largest absolute Gasteiger partial charge is 0.481 e. The highest BCUT2D eigenvalue weighted by Gasteiger charge is 2.44. The number of hydrogen-bond acceptors (Lipinski definition) is 2. The molecule has 0 radical (unpaired) electrons. The van der Waals surface area contributed by atoms with E-state index in [4.69, 9.17) is 0 Å². The topological polar surface area (TPSA) is 78.4 Å². The summed E-state index contributed by atoms with van der Waals surface area (Å²) in [5, 5.41) is 14.9. The molecule has 0 saturated heterocycles. The molecule has 1 unspecified atom stereocenters. The standard InChI is InChI=1S/C14H28N2O3/c1-7-9-10(8-2)15-12(19)16-14(5,6)13(3,4)11(17)18/h10H,7-9H2,1-6H3,(H,17,18)(H2,15,16,19). The van der Waals surface area contributed by atoms with Gasteiger partial charge >= 0.3 is 12.0 Å². The second-order valence-electron chi connectivity index (χ2n) is 6.05. The van der Waals surface area contributed by atoms with E-state index >= 15 is 0 Å². The summed E-state index contributed by atoms with van der Waals surface area (Å²) in [7, 11) is 0. The molecule has 0 rings (SSSR count). The fourth-order valence-corrected chi connectivity index (χ4v) is 1.66. The molecule has 0 aromatic rings. The molecule has 19 heavy (non-hydrogen) atoms. The molecule has 0 aliphatic rings. The summed E-state index contributed by atoms with van der Waals surface area (Å²) in [5.74, 6) is -0.932. The molecule has 2 amide bonds. The first-order valence-electron chi connectivity index (χ1n) is 6.90. The summed E-state index contributed by atoms with van der Waals surface area (Å²) in [6, 6.07) is -0.173. The minimum Gasteiger partial charge on any atom is -0.481 e. The second-order valence-corrected chi connectivity index (χ2v) is 6.05. The van der Waals surface area contributed by atoms with Crippen LogP contribution in [0, 0.1) is 5.41 Å². The average Bonchev–Trinajstić information content (AvgIpc) is 2.27. The molecule has 5 heteroatoms. The van der Waals surface area contributed by atoms with Gasteiger partial charge in [0, 0.05) is 6.04 Å². The van der Waals surface area contributed by atoms with Crippen LogP contribution >= 0.6 is 0 Å². The van der Waals surface area contributed by atoms with Gasteiger partial charge in [-0.1, -0.05) is 20.3 Å². The van der Waals surface area contributed by atoms with Gasteiger partial charge in [0.25, 0.3) is 0 Å². The van der Waals surface area contributed by atoms with E-state index in [1.165, 1.54) is 0 Å². The van der Waals surface area contributed by atoms with Gasteiger partial charge in [-0.05, 0) is 40.5 Å². The number of carbonyl (C=O) groups is 2. The number of hydrogen-bond donors (Lipinski definition) is 3. The molecular formula is C14H28N2O3. The number of aliphatic carboxylic acids is 1. The second kappa shape index (κ2) is 6.78. The number of nitrogens with one attached hydrogen (secondary N) is 2. The number of carbonyl (C=O) groups excluding carboxylic acids is 1. The lowest BCUT2D eigenvalue weighted by molar-refractivity contribution is -0.150. The summed E-state index contributed by atoms with van der Waals surface area (Å²) < 4.78 is 0. The molecule has 0 fully saturated rings. The summed E-state index contributed by atoms with van der Waals surface area (Å²) in [6.07, 6.45) is 2.79. The normalized spacial score (nSPS) is 13.8. The van der Waals surface area contributed by atoms with Gasteiger partial charge in [0.15, 0.2) is 0 Å². The van der Waals surface area contributed by atoms with Gasteiger partial charge in [-0.2, -0.15) is 0 Å². The zero-order valence-electron chi connectivity index (χ0n) is 13.0. The van der Waals surface area contributed by atoms with Crippen LogP contribution in [0.25, 0.3) is 0 Å². The van der Waals surface area contributed by atoms with Crippen LogP contribution in [0.4, 0.5) is 4.79 Å². The van der Waals surface area contributed by atoms with Crippen molar-refractivity contribution in [1.29, 1.82) is 0 Å². The molecule has 0 aromatic heterocycles. The lowest BCUT2D eigenvalue weighted by Gasteiger charge is -2.39. The van der Waals surface area contributed by atoms with E-state index in [-0.39, 0.29) is 12.1 Å². The number of rotatable bonds is 7. The Bertz CT molecular complexity index is 325. The van der Waals surface area contributed by atoms with Crippen LogP contribution < -0.4 is 10.6 Å². The molecule has 1 atom stereocenters. The number of carboxylic acid groups (broad SMARTS) is 1. The summed E-state index contributed by atoms with van der Waals surface area (Å²) >= 11 is 0. The Morgan fingerprint density at radius 3 is 2.05 bits per heavy atom. The van der Waals surface area contributed by atoms with Crippen molar-refractivity contribution in [3.63, 3.8) is 0 Å². The molecule has 0 heterocycles. The predicted octanol–water partition coefficient (Wildman–Crippen LogP) is 2.75. The molecule has 5 nitrogen and oxygen atoms in total. The van der Waals surface area contributed by atoms with Crippen molar-refractivity contribution in [1.82, 2.24) is 10.6 Å². The zero-order valence-corrected chi connectivity index (χ0v) is 13.0. The fraction of sp³-hybridized carbons (Fsp3) is 0.857. The van der Waals surface area contributed by atoms with Crippen molar-refractivity contribution >= 4 is 12.0 Å². The maximum absolute atomic E-state index is 12.0. The minimum absolute atomic E-state index is 0.133. The van der Waals surface area contributed by atoms with Gasteiger partial charge < -0.3 is 15.7 Å². The lowest BCUT2D eigenvalue weighted by atomic mass is 9.74. The van der Waals surface area contributed by atoms with Crippen LogP contribution in [0.3, 0.4) is 0 Å². The smallest absolute Gasteiger partial charge is 0.315 e. The van der Waals surface area contributed by atoms with Crippen LogP contribution in [0.1, 0.15) is 60.8 Å². The predicted molar refractivity (Wildman–Crippen MR) is 76.2 cm³/mol. The third-order valence-corrected chi connectivity index (χ3v) is 3.99. The van der Waals surface area contributed by atoms with E-state index in [2.05, 4.69) is 17.6 Å². The Balaban J connectivity index is 4.66. The molecule has 112 valence electrons. The Hall–Kier alpha value is -1.26. The van der Waals surface area contributed by atoms with Gasteiger partial charge in [-0.3, -0.25) is 4.79 Å². The van der Waals surface area contributed by atoms with E-state index in [0.717, 1.165) is 19.3 Å². The van der Waals surface area contributed by atoms with Crippen LogP contribution in [0.15, 0.2) is 0 Å². The third kappa shape index (κ3) is 4.73. The highest BCUT2D eigenvalue weighted by atomic mass is 16.4. The van der Waals surface area contributed by atoms with Crippen LogP contribution in [-0.4, -0.2) is 28.7 Å². The first kappa shape index (κ1) is 17.7. The Morgan fingerprint density at radius 1 is 1.16 bits per heavy atom. The Morgan fingerprint density at radius 2 is 1.68 bits per heavy atom. The van der Waals surface area contributed by atoms with Crippen molar-refractivity contribution in [2.75, 3.05) is 0 Å². The SMILES string of the molecule is CCCC(CC)NC(=O)NC(C)(C)C(C)(C)C(=O)O. The number of amides is 2. The van der Waals surface area contributed by atoms with Gasteiger partial charge in [0.1, 0.15) is 0 Å². The van der Waals surface area contributed by atoms with E-state index in [9.17, 15) is 14.7 Å². The molecule has 0 saturated carbocycles. The quantitative estimate of drug-likeness (QED) is 0.667. The molecule has 0 aliphatic carbocycles. The average molecular weight is 272 g/mol. The highest BCUT2D eigenvalue weighted by molar-refractivity contribution is 5.79. The van der Waals surface area contributed by atoms with Crippen molar-refractivity contribution in [2.45, 2.75) is 72.4 Å². The zero-order chi connectivity index (χ0) is 15.3. The molecule has 0 aliphatic heterocycles. The van der Waals surface area contributed by atoms with E-state index < -0.39 is 16.9 Å². The van der Waals surface area contributed by atoms with Gasteiger partial charge in [0.05, 0.1) is 11.0 Å². The third-order valence-electron chi connectivity index (χ3n) is 3.99. The van der Waals surface area contributed by atoms with Crippen molar-refractivity contribution < 1.29 is 14.7 Å². The molecule has 0 aromatic carbocycles. The Kier molecular flexibility index (Phi) is 6.33. The van der Waals surface area contributed by atoms with Gasteiger partial charge in [-0.15, -0.1) is 0 Å². The molecule has 0 bridgehead atoms. The first-order chi connectivity index (χ1) is 8.58. The number of carboxylic acids is 1. The van der Waals surface area contributed by atoms with E-state index in [0.29, 0.717) is 0 Å². The Labute approximate surface area is 116 Å². The fourth-order valence-electron chi connectivity index (χ4n) is 1.66. The highest BCUT2D eigenvalue weighted by Crippen LogP contribution is 2.30. The summed E-state index contributed by atoms with van der Waals surface area (Å²) in [5.41, 5.74) is -1.88. The maximum atomic E-state index is 12.0. The van der Waals surface area contributed by atoms with Crippen LogP contribution in [0.5, 0.6) is 0 Å². The molecule has 0 spiro atoms. The monoisotopic (exact) mass is 272 g/mol. The van der Waals surface area contributed by atoms with Crippen LogP contribution in [-0.2, 0) is 4.79 Å². The summed E-state index contributed by atoms with van der Waals surface area (Å²) in [6.45, 7) is 10.8. The lowest BCUT2D eigenvalue weighted by Crippen LogP contribution is -2.59. The maximum Gasteiger partial charge on any atom is 0.315 e. The van der Waals surface area contributed by atoms with Crippen molar-refractivity contribution in [2.24, 2.45) is 5.41 Å². The van der Waals surface area contributed by atoms with E-state index in [1.807, 2.05) is 6.92 Å². The first-order valence-corrected chi connectivity index (χ1v) is 6.90. The number of urea groups is 1. The van der Waals surface area contributed by atoms with Crippen molar-refractivity contribution in [3.8, 4) is 0 Å². The van der Waals surface area contributed by atoms with Crippen LogP contribution in [0.2, 0.25) is 0 Å².